The molecule has 0 unspecified atom stereocenters. The van der Waals surface area contributed by atoms with E-state index >= 15 is 0 Å². The molecule has 0 heterocycles. The summed E-state index contributed by atoms with van der Waals surface area (Å²) in [5.74, 6) is -0.0150. The van der Waals surface area contributed by atoms with Crippen LogP contribution in [0.4, 0.5) is 0 Å². The largest absolute Gasteiger partial charge is 0.352 e. The third kappa shape index (κ3) is 23.1. The molecule has 0 atom stereocenters. The van der Waals surface area contributed by atoms with Crippen molar-refractivity contribution in [3.8, 4) is 0 Å². The van der Waals surface area contributed by atoms with Crippen molar-refractivity contribution in [3.63, 3.8) is 0 Å². The molecule has 0 aliphatic carbocycles. The zero-order valence-corrected chi connectivity index (χ0v) is 10.9. The fraction of sp³-hybridized carbons (Fsp3) is 0.500. The first kappa shape index (κ1) is 24.3. The van der Waals surface area contributed by atoms with Crippen LogP contribution in [0.5, 0.6) is 0 Å². The summed E-state index contributed by atoms with van der Waals surface area (Å²) in [5.41, 5.74) is 1.03. The molecule has 4 heteroatoms. The molecule has 0 rings (SSSR count). The van der Waals surface area contributed by atoms with Crippen molar-refractivity contribution in [3.05, 3.63) is 23.6 Å². The first-order valence-corrected chi connectivity index (χ1v) is 5.93. The van der Waals surface area contributed by atoms with Gasteiger partial charge in [0.1, 0.15) is 0 Å². The lowest BCUT2D eigenvalue weighted by Crippen LogP contribution is -2.21. The van der Waals surface area contributed by atoms with Gasteiger partial charge in [-0.3, -0.25) is 4.79 Å². The first-order chi connectivity index (χ1) is 7.20. The minimum Gasteiger partial charge on any atom is -0.352 e. The lowest BCUT2D eigenvalue weighted by atomic mass is 10.3. The lowest BCUT2D eigenvalue weighted by molar-refractivity contribution is -0.118. The number of hydrogen-bond acceptors (Lipinski definition) is 3. The van der Waals surface area contributed by atoms with Gasteiger partial charge >= 0.3 is 0 Å². The number of hydrogen-bond donors (Lipinski definition) is 2. The molecule has 16 heavy (non-hydrogen) atoms. The predicted octanol–water partition coefficient (Wildman–Crippen LogP) is 3.48. The van der Waals surface area contributed by atoms with Crippen molar-refractivity contribution >= 4 is 24.4 Å². The number of amides is 1. The molecule has 0 aromatic rings. The summed E-state index contributed by atoms with van der Waals surface area (Å²) in [6.45, 7) is 12.2. The normalized spacial score (nSPS) is 8.12. The summed E-state index contributed by atoms with van der Waals surface area (Å²) in [6, 6.07) is 0. The Kier molecular flexibility index (Phi) is 35.9. The zero-order chi connectivity index (χ0) is 12.7. The molecule has 0 aromatic carbocycles. The van der Waals surface area contributed by atoms with Crippen molar-refractivity contribution in [1.29, 1.82) is 5.41 Å². The van der Waals surface area contributed by atoms with Gasteiger partial charge in [0, 0.05) is 13.5 Å². The van der Waals surface area contributed by atoms with Gasteiger partial charge in [-0.05, 0) is 24.0 Å². The van der Waals surface area contributed by atoms with Crippen LogP contribution in [0.1, 0.15) is 28.2 Å². The number of nitrogens with one attached hydrogen (secondary N) is 2. The van der Waals surface area contributed by atoms with Crippen molar-refractivity contribution in [1.82, 2.24) is 5.32 Å². The molecule has 0 aromatic heterocycles. The Labute approximate surface area is 105 Å². The minimum atomic E-state index is -0.0150. The number of rotatable bonds is 4. The fourth-order valence-corrected chi connectivity index (χ4v) is 1.02. The highest BCUT2D eigenvalue weighted by Crippen LogP contribution is 2.02. The minimum absolute atomic E-state index is 0. The van der Waals surface area contributed by atoms with Crippen LogP contribution in [0.3, 0.4) is 0 Å². The van der Waals surface area contributed by atoms with Crippen LogP contribution in [0.2, 0.25) is 0 Å². The zero-order valence-electron chi connectivity index (χ0n) is 10.1. The van der Waals surface area contributed by atoms with E-state index in [-0.39, 0.29) is 13.3 Å². The Bertz CT molecular complexity index is 191. The maximum absolute atomic E-state index is 10.5. The molecule has 0 saturated heterocycles. The van der Waals surface area contributed by atoms with E-state index in [1.54, 1.807) is 17.8 Å². The predicted molar refractivity (Wildman–Crippen MR) is 78.4 cm³/mol. The topological polar surface area (TPSA) is 53.0 Å². The van der Waals surface area contributed by atoms with Crippen molar-refractivity contribution in [2.45, 2.75) is 28.2 Å². The molecule has 0 radical (unpaired) electrons. The van der Waals surface area contributed by atoms with Crippen LogP contribution in [-0.4, -0.2) is 25.4 Å². The highest BCUT2D eigenvalue weighted by molar-refractivity contribution is 8.01. The van der Waals surface area contributed by atoms with E-state index in [0.717, 1.165) is 5.57 Å². The van der Waals surface area contributed by atoms with E-state index in [1.807, 2.05) is 25.5 Å². The molecular weight excluding hydrogens is 220 g/mol. The molecule has 0 fully saturated rings. The van der Waals surface area contributed by atoms with Crippen LogP contribution in [0, 0.1) is 5.41 Å². The third-order valence-electron chi connectivity index (χ3n) is 1.07. The molecule has 0 bridgehead atoms. The Hall–Kier alpha value is -1.03. The summed E-state index contributed by atoms with van der Waals surface area (Å²) in [5, 5.41) is 10.2. The Morgan fingerprint density at radius 3 is 2.12 bits per heavy atom. The van der Waals surface area contributed by atoms with Gasteiger partial charge in [0.05, 0.1) is 0 Å². The molecule has 3 nitrogen and oxygen atoms in total. The van der Waals surface area contributed by atoms with E-state index < -0.39 is 0 Å². The molecule has 2 N–H and O–H groups in total. The second-order valence-corrected chi connectivity index (χ2v) is 2.75. The van der Waals surface area contributed by atoms with Crippen LogP contribution < -0.4 is 5.32 Å². The van der Waals surface area contributed by atoms with Crippen LogP contribution in [0.25, 0.3) is 0 Å². The fourth-order valence-electron chi connectivity index (χ4n) is 0.540. The summed E-state index contributed by atoms with van der Waals surface area (Å²) < 4.78 is 0. The summed E-state index contributed by atoms with van der Waals surface area (Å²) in [4.78, 5) is 10.5. The van der Waals surface area contributed by atoms with Crippen molar-refractivity contribution in [2.24, 2.45) is 0 Å². The van der Waals surface area contributed by atoms with Gasteiger partial charge in [0.15, 0.2) is 0 Å². The number of carbonyl (C=O) groups is 1. The lowest BCUT2D eigenvalue weighted by Gasteiger charge is -2.01. The van der Waals surface area contributed by atoms with Gasteiger partial charge in [0.25, 0.3) is 0 Å². The highest BCUT2D eigenvalue weighted by Gasteiger charge is 1.92. The number of carbonyl (C=O) groups excluding carboxylic acids is 1. The van der Waals surface area contributed by atoms with Gasteiger partial charge in [-0.2, -0.15) is 0 Å². The molecular formula is C12H26N2OS. The van der Waals surface area contributed by atoms with E-state index in [0.29, 0.717) is 6.54 Å². The summed E-state index contributed by atoms with van der Waals surface area (Å²) >= 11 is 1.60. The second kappa shape index (κ2) is 23.6. The van der Waals surface area contributed by atoms with Crippen molar-refractivity contribution < 1.29 is 4.79 Å². The van der Waals surface area contributed by atoms with Crippen LogP contribution >= 0.6 is 11.8 Å². The van der Waals surface area contributed by atoms with E-state index in [1.165, 1.54) is 6.92 Å². The van der Waals surface area contributed by atoms with E-state index in [4.69, 9.17) is 5.41 Å². The molecule has 0 aliphatic rings. The van der Waals surface area contributed by atoms with Crippen LogP contribution in [0.15, 0.2) is 23.6 Å². The molecule has 0 aliphatic heterocycles. The summed E-state index contributed by atoms with van der Waals surface area (Å²) in [6.07, 6.45) is 3.71. The van der Waals surface area contributed by atoms with Crippen LogP contribution in [-0.2, 0) is 4.79 Å². The Morgan fingerprint density at radius 2 is 1.88 bits per heavy atom. The molecule has 1 amide bonds. The average Bonchev–Trinajstić information content (AvgIpc) is 2.29. The van der Waals surface area contributed by atoms with Gasteiger partial charge in [0.2, 0.25) is 5.91 Å². The SMILES string of the molecule is C.C=C/C(=C\SC)CNC(C)=O.C=N.CC. The standard InChI is InChI=1S/C8H13NOS.C2H6.CH3N.CH4/c1-4-8(6-11-3)5-9-7(2)10;2*1-2;/h4,6H,1,5H2,2-3H3,(H,9,10);1-2H3;2H,1H2;1H4/b8-6+;;;. The first-order valence-electron chi connectivity index (χ1n) is 4.64. The molecule has 96 valence electrons. The maximum atomic E-state index is 10.5. The van der Waals surface area contributed by atoms with E-state index in [2.05, 4.69) is 18.6 Å². The quantitative estimate of drug-likeness (QED) is 0.589. The average molecular weight is 246 g/mol. The molecule has 0 saturated carbocycles. The second-order valence-electron chi connectivity index (χ2n) is 2.04. The number of thioether (sulfide) groups is 1. The summed E-state index contributed by atoms with van der Waals surface area (Å²) in [7, 11) is 0. The third-order valence-corrected chi connectivity index (χ3v) is 1.61. The van der Waals surface area contributed by atoms with Gasteiger partial charge in [-0.25, -0.2) is 0 Å². The smallest absolute Gasteiger partial charge is 0.217 e. The maximum Gasteiger partial charge on any atom is 0.217 e. The highest BCUT2D eigenvalue weighted by atomic mass is 32.2. The van der Waals surface area contributed by atoms with Gasteiger partial charge in [-0.15, -0.1) is 11.8 Å². The Balaban J connectivity index is -0.000000129. The Morgan fingerprint density at radius 1 is 1.44 bits per heavy atom. The van der Waals surface area contributed by atoms with E-state index in [9.17, 15) is 4.79 Å². The monoisotopic (exact) mass is 246 g/mol. The van der Waals surface area contributed by atoms with Gasteiger partial charge in [-0.1, -0.05) is 33.9 Å². The van der Waals surface area contributed by atoms with Gasteiger partial charge < -0.3 is 10.7 Å². The van der Waals surface area contributed by atoms with Crippen molar-refractivity contribution in [2.75, 3.05) is 12.8 Å². The molecule has 0 spiro atoms.